The molecule has 0 spiro atoms. The van der Waals surface area contributed by atoms with Crippen molar-refractivity contribution in [2.75, 3.05) is 6.61 Å². The molecule has 1 aliphatic heterocycles. The van der Waals surface area contributed by atoms with Crippen molar-refractivity contribution in [3.8, 4) is 5.75 Å². The number of carbonyl (C=O) groups is 7. The lowest BCUT2D eigenvalue weighted by Gasteiger charge is -2.60. The number of Topliss-reactive ketones (excluding diaryl/α,β-unsaturated/α-hetero) is 1. The second kappa shape index (κ2) is 29.3. The van der Waals surface area contributed by atoms with Crippen molar-refractivity contribution in [1.82, 2.24) is 0 Å². The van der Waals surface area contributed by atoms with Gasteiger partial charge in [-0.25, -0.2) is 4.79 Å². The summed E-state index contributed by atoms with van der Waals surface area (Å²) in [6.45, 7) is 26.0. The highest BCUT2D eigenvalue weighted by Crippen LogP contribution is 2.62. The third kappa shape index (κ3) is 16.0. The molecular formula is C79H111O14S+. The maximum absolute atomic E-state index is 12.6. The van der Waals surface area contributed by atoms with Crippen LogP contribution in [0.3, 0.4) is 0 Å². The Morgan fingerprint density at radius 1 is 0.521 bits per heavy atom. The minimum absolute atomic E-state index is 0.0364. The molecule has 5 atom stereocenters. The van der Waals surface area contributed by atoms with E-state index in [2.05, 4.69) is 74.5 Å². The molecule has 1 saturated heterocycles. The molecular weight excluding hydrogens is 1200 g/mol. The van der Waals surface area contributed by atoms with Crippen LogP contribution in [-0.4, -0.2) is 81.8 Å². The van der Waals surface area contributed by atoms with E-state index in [9.17, 15) is 43.8 Å². The predicted octanol–water partition coefficient (Wildman–Crippen LogP) is 16.3. The highest BCUT2D eigenvalue weighted by molar-refractivity contribution is 7.97. The van der Waals surface area contributed by atoms with Crippen LogP contribution in [0.1, 0.15) is 225 Å². The molecule has 12 saturated carbocycles. The Kier molecular flexibility index (Phi) is 22.6. The van der Waals surface area contributed by atoms with Gasteiger partial charge in [-0.15, -0.1) is 0 Å². The molecule has 0 aromatic heterocycles. The van der Waals surface area contributed by atoms with Gasteiger partial charge in [0.15, 0.2) is 14.7 Å². The summed E-state index contributed by atoms with van der Waals surface area (Å²) in [7, 11) is -0.195. The lowest BCUT2D eigenvalue weighted by Crippen LogP contribution is -2.60. The highest BCUT2D eigenvalue weighted by Gasteiger charge is 2.61. The summed E-state index contributed by atoms with van der Waals surface area (Å²) < 4.78 is 27.5. The standard InChI is InChI=1S/C24H25O2S.C18H30O2.C16H26O3.C11H14O3.C10H16O4/c1-4-24(2,3)23(25)26-19-15-17-22(18-16-19)27(20-11-7-5-8-12-20)21-13-9-6-10-14-21;1-5-17(3,4)16(19)20-18(6-2)14-8-12-7-13(10-14)11-15(18)9-12;1-4-15(2,3)14(17)19-13-11-5-10-6-12(13)9-16(18,7-10)8-11;12-9-7-1-6-2-8(9)5-11(3-6,4-7)10(13)14;1-4-10(2,3)9(12)14-7-5-6-13-8(7)11/h5-18H,4H2,1-3H3;12-15H,5-11H2,1-4H3;10-13,18H,4-9H2,1-3H3;6-8H,1-5H2,(H,13,14);7H,4-6H2,1-3H3/q+1;;;;. The molecule has 0 amide bonds. The number of carbonyl (C=O) groups excluding carboxylic acids is 6. The summed E-state index contributed by atoms with van der Waals surface area (Å²) in [5.41, 5.74) is -2.82. The number of esters is 5. The van der Waals surface area contributed by atoms with Crippen molar-refractivity contribution < 1.29 is 67.5 Å². The minimum atomic E-state index is -0.687. The van der Waals surface area contributed by atoms with Gasteiger partial charge in [0, 0.05) is 18.3 Å². The third-order valence-corrected chi connectivity index (χ3v) is 26.5. The van der Waals surface area contributed by atoms with Crippen LogP contribution < -0.4 is 4.74 Å². The minimum Gasteiger partial charge on any atom is -0.481 e. The van der Waals surface area contributed by atoms with Crippen molar-refractivity contribution >= 4 is 52.5 Å². The van der Waals surface area contributed by atoms with E-state index in [0.717, 1.165) is 88.9 Å². The van der Waals surface area contributed by atoms with Crippen LogP contribution in [-0.2, 0) is 63.4 Å². The van der Waals surface area contributed by atoms with Gasteiger partial charge in [-0.1, -0.05) is 71.0 Å². The van der Waals surface area contributed by atoms with E-state index in [1.807, 2.05) is 86.6 Å². The van der Waals surface area contributed by atoms with Gasteiger partial charge < -0.3 is 33.9 Å². The first-order chi connectivity index (χ1) is 44.3. The number of cyclic esters (lactones) is 1. The number of carboxylic acid groups (broad SMARTS) is 1. The van der Waals surface area contributed by atoms with E-state index in [-0.39, 0.29) is 69.1 Å². The number of benzene rings is 3. The summed E-state index contributed by atoms with van der Waals surface area (Å²) >= 11 is 0. The Morgan fingerprint density at radius 2 is 0.968 bits per heavy atom. The lowest BCUT2D eigenvalue weighted by molar-refractivity contribution is -0.218. The van der Waals surface area contributed by atoms with E-state index < -0.39 is 39.9 Å². The molecule has 516 valence electrons. The van der Waals surface area contributed by atoms with Gasteiger partial charge in [-0.2, -0.15) is 0 Å². The number of hydrogen-bond donors (Lipinski definition) is 2. The first kappa shape index (κ1) is 72.7. The van der Waals surface area contributed by atoms with Crippen LogP contribution in [0.2, 0.25) is 0 Å². The van der Waals surface area contributed by atoms with Crippen LogP contribution >= 0.6 is 0 Å². The normalized spacial score (nSPS) is 32.0. The van der Waals surface area contributed by atoms with E-state index in [1.54, 1.807) is 13.8 Å². The van der Waals surface area contributed by atoms with Gasteiger partial charge in [0.05, 0.1) is 50.2 Å². The quantitative estimate of drug-likeness (QED) is 0.0558. The number of ether oxygens (including phenoxy) is 5. The number of hydrogen-bond acceptors (Lipinski definition) is 13. The molecule has 3 aromatic rings. The number of aliphatic carboxylic acids is 1. The Balaban J connectivity index is 0.000000141. The maximum atomic E-state index is 12.6. The number of ketones is 1. The molecule has 13 fully saturated rings. The average molecular weight is 1320 g/mol. The fourth-order valence-electron chi connectivity index (χ4n) is 17.4. The zero-order chi connectivity index (χ0) is 68.3. The molecule has 15 heteroatoms. The van der Waals surface area contributed by atoms with Gasteiger partial charge in [0.1, 0.15) is 23.2 Å². The SMILES string of the molecule is CCC(C)(C)C(=O)OC1(CC)C2CC3CC(C2)CC1C3.CCC(C)(C)C(=O)OC1C2CC3CC1CC(O)(C3)C2.CCC(C)(C)C(=O)OC1CCOC1=O.CCC(C)(C)C(=O)Oc1ccc([S+](c2ccccc2)c2ccccc2)cc1.O=C1C2CC3CC1CC(C(=O)O)(C3)C2. The van der Waals surface area contributed by atoms with E-state index in [0.29, 0.717) is 79.3 Å². The topological polar surface area (TPSA) is 206 Å². The average Bonchev–Trinajstić information content (AvgIpc) is 0.778. The molecule has 12 bridgehead atoms. The number of aliphatic hydroxyl groups is 1. The van der Waals surface area contributed by atoms with Crippen LogP contribution in [0.5, 0.6) is 5.75 Å². The van der Waals surface area contributed by atoms with Gasteiger partial charge in [0.25, 0.3) is 0 Å². The summed E-state index contributed by atoms with van der Waals surface area (Å²) in [6, 6.07) is 28.9. The van der Waals surface area contributed by atoms with Crippen molar-refractivity contribution in [1.29, 1.82) is 0 Å². The summed E-state index contributed by atoms with van der Waals surface area (Å²) in [5.74, 6) is 4.59. The van der Waals surface area contributed by atoms with Crippen molar-refractivity contribution in [2.45, 2.75) is 263 Å². The summed E-state index contributed by atoms with van der Waals surface area (Å²) in [4.78, 5) is 86.5. The molecule has 2 N–H and O–H groups in total. The Morgan fingerprint density at radius 3 is 1.40 bits per heavy atom. The molecule has 13 aliphatic rings. The zero-order valence-corrected chi connectivity index (χ0v) is 59.6. The summed E-state index contributed by atoms with van der Waals surface area (Å²) in [6.07, 6.45) is 19.5. The van der Waals surface area contributed by atoms with Gasteiger partial charge in [0.2, 0.25) is 6.10 Å². The van der Waals surface area contributed by atoms with E-state index in [4.69, 9.17) is 23.7 Å². The van der Waals surface area contributed by atoms with Gasteiger partial charge in [-0.3, -0.25) is 28.8 Å². The monoisotopic (exact) mass is 1320 g/mol. The van der Waals surface area contributed by atoms with Gasteiger partial charge >= 0.3 is 35.8 Å². The molecule has 0 radical (unpaired) electrons. The van der Waals surface area contributed by atoms with Crippen LogP contribution in [0.4, 0.5) is 0 Å². The molecule has 12 aliphatic carbocycles. The lowest BCUT2D eigenvalue weighted by atomic mass is 9.49. The maximum Gasteiger partial charge on any atom is 0.347 e. The second-order valence-electron chi connectivity index (χ2n) is 32.5. The first-order valence-corrected chi connectivity index (χ1v) is 37.0. The van der Waals surface area contributed by atoms with E-state index >= 15 is 0 Å². The Hall–Kier alpha value is -5.54. The molecule has 5 unspecified atom stereocenters. The zero-order valence-electron chi connectivity index (χ0n) is 58.8. The predicted molar refractivity (Wildman–Crippen MR) is 362 cm³/mol. The summed E-state index contributed by atoms with van der Waals surface area (Å²) in [5, 5.41) is 19.8. The number of carboxylic acids is 1. The highest BCUT2D eigenvalue weighted by atomic mass is 32.2. The van der Waals surface area contributed by atoms with Crippen molar-refractivity contribution in [3.05, 3.63) is 84.9 Å². The molecule has 1 heterocycles. The fraction of sp³-hybridized carbons (Fsp3) is 0.684. The molecule has 94 heavy (non-hydrogen) atoms. The van der Waals surface area contributed by atoms with Crippen LogP contribution in [0, 0.1) is 86.3 Å². The first-order valence-electron chi connectivity index (χ1n) is 35.8. The van der Waals surface area contributed by atoms with Gasteiger partial charge in [-0.05, 0) is 280 Å². The van der Waals surface area contributed by atoms with Crippen molar-refractivity contribution in [2.24, 2.45) is 86.3 Å². The third-order valence-electron chi connectivity index (χ3n) is 24.3. The van der Waals surface area contributed by atoms with E-state index in [1.165, 1.54) is 46.8 Å². The Bertz CT molecular complexity index is 3050. The molecule has 14 nitrogen and oxygen atoms in total. The largest absolute Gasteiger partial charge is 0.481 e. The molecule has 16 rings (SSSR count). The molecule has 3 aromatic carbocycles. The van der Waals surface area contributed by atoms with Crippen LogP contribution in [0.15, 0.2) is 99.6 Å². The smallest absolute Gasteiger partial charge is 0.347 e. The Labute approximate surface area is 563 Å². The second-order valence-corrected chi connectivity index (χ2v) is 34.5. The van der Waals surface area contributed by atoms with Crippen LogP contribution in [0.25, 0.3) is 0 Å². The fourth-order valence-corrected chi connectivity index (χ4v) is 19.5. The number of rotatable bonds is 17. The van der Waals surface area contributed by atoms with Crippen molar-refractivity contribution in [3.63, 3.8) is 0 Å².